The van der Waals surface area contributed by atoms with Crippen molar-refractivity contribution >= 4 is 5.91 Å². The van der Waals surface area contributed by atoms with Gasteiger partial charge in [-0.15, -0.1) is 0 Å². The van der Waals surface area contributed by atoms with Crippen LogP contribution in [0.5, 0.6) is 0 Å². The Kier molecular flexibility index (Phi) is 3.82. The molecule has 0 aromatic rings. The quantitative estimate of drug-likeness (QED) is 0.739. The monoisotopic (exact) mass is 227 g/mol. The molecule has 0 radical (unpaired) electrons. The number of hydrogen-bond acceptors (Lipinski definition) is 3. The van der Waals surface area contributed by atoms with Crippen molar-refractivity contribution in [3.63, 3.8) is 0 Å². The minimum absolute atomic E-state index is 0.0343. The van der Waals surface area contributed by atoms with Gasteiger partial charge < -0.3 is 15.1 Å². The van der Waals surface area contributed by atoms with Crippen molar-refractivity contribution in [3.05, 3.63) is 0 Å². The van der Waals surface area contributed by atoms with Crippen molar-refractivity contribution in [2.45, 2.75) is 50.7 Å². The Hall–Kier alpha value is -0.610. The molecule has 0 bridgehead atoms. The molecule has 4 heteroatoms. The van der Waals surface area contributed by atoms with E-state index < -0.39 is 6.10 Å². The zero-order valence-corrected chi connectivity index (χ0v) is 9.64. The first-order chi connectivity index (χ1) is 7.70. The molecule has 0 aromatic carbocycles. The van der Waals surface area contributed by atoms with Gasteiger partial charge in [0, 0.05) is 13.0 Å². The van der Waals surface area contributed by atoms with Gasteiger partial charge in [0.2, 0.25) is 5.91 Å². The standard InChI is InChI=1S/C12H21NO3/c14-8-10-6-11(15)7-13(10)12(16)5-9-3-1-2-4-9/h9-11,14-15H,1-8H2/t10?,11-/m1/s1. The molecule has 2 atom stereocenters. The lowest BCUT2D eigenvalue weighted by molar-refractivity contribution is -0.134. The van der Waals surface area contributed by atoms with Crippen LogP contribution in [0.4, 0.5) is 0 Å². The molecule has 1 aliphatic heterocycles. The second kappa shape index (κ2) is 5.15. The van der Waals surface area contributed by atoms with E-state index in [0.717, 1.165) is 12.8 Å². The van der Waals surface area contributed by atoms with E-state index in [4.69, 9.17) is 5.11 Å². The predicted molar refractivity (Wildman–Crippen MR) is 59.8 cm³/mol. The van der Waals surface area contributed by atoms with Gasteiger partial charge in [0.25, 0.3) is 0 Å². The summed E-state index contributed by atoms with van der Waals surface area (Å²) < 4.78 is 0. The SMILES string of the molecule is O=C(CC1CCCC1)N1C[C@H](O)CC1CO. The Labute approximate surface area is 96.3 Å². The summed E-state index contributed by atoms with van der Waals surface area (Å²) in [5, 5.41) is 18.7. The minimum Gasteiger partial charge on any atom is -0.394 e. The maximum atomic E-state index is 12.0. The van der Waals surface area contributed by atoms with Crippen LogP contribution in [0, 0.1) is 5.92 Å². The molecule has 16 heavy (non-hydrogen) atoms. The van der Waals surface area contributed by atoms with Crippen LogP contribution in [0.25, 0.3) is 0 Å². The van der Waals surface area contributed by atoms with Gasteiger partial charge in [-0.3, -0.25) is 4.79 Å². The number of likely N-dealkylation sites (tertiary alicyclic amines) is 1. The molecule has 4 nitrogen and oxygen atoms in total. The Bertz CT molecular complexity index is 251. The number of β-amino-alcohol motifs (C(OH)–C–C–N with tert-alkyl or cyclic N) is 1. The van der Waals surface area contributed by atoms with Crippen molar-refractivity contribution in [1.82, 2.24) is 4.90 Å². The highest BCUT2D eigenvalue weighted by atomic mass is 16.3. The molecule has 92 valence electrons. The van der Waals surface area contributed by atoms with E-state index in [9.17, 15) is 9.90 Å². The smallest absolute Gasteiger partial charge is 0.223 e. The van der Waals surface area contributed by atoms with E-state index in [1.165, 1.54) is 12.8 Å². The van der Waals surface area contributed by atoms with Crippen molar-refractivity contribution in [3.8, 4) is 0 Å². The Morgan fingerprint density at radius 2 is 2.00 bits per heavy atom. The summed E-state index contributed by atoms with van der Waals surface area (Å²) in [6.07, 6.45) is 5.46. The van der Waals surface area contributed by atoms with E-state index in [2.05, 4.69) is 0 Å². The second-order valence-electron chi connectivity index (χ2n) is 5.13. The largest absolute Gasteiger partial charge is 0.394 e. The lowest BCUT2D eigenvalue weighted by atomic mass is 10.0. The first kappa shape index (κ1) is 11.9. The number of amides is 1. The van der Waals surface area contributed by atoms with E-state index in [-0.39, 0.29) is 18.6 Å². The van der Waals surface area contributed by atoms with Gasteiger partial charge >= 0.3 is 0 Å². The van der Waals surface area contributed by atoms with Crippen LogP contribution in [-0.2, 0) is 4.79 Å². The molecule has 2 rings (SSSR count). The minimum atomic E-state index is -0.454. The molecule has 1 saturated heterocycles. The summed E-state index contributed by atoms with van der Waals surface area (Å²) in [7, 11) is 0. The predicted octanol–water partition coefficient (Wildman–Crippen LogP) is 0.521. The Balaban J connectivity index is 1.87. The molecular weight excluding hydrogens is 206 g/mol. The van der Waals surface area contributed by atoms with Gasteiger partial charge in [-0.05, 0) is 25.2 Å². The van der Waals surface area contributed by atoms with E-state index in [0.29, 0.717) is 25.3 Å². The highest BCUT2D eigenvalue weighted by Gasteiger charge is 2.34. The zero-order valence-electron chi connectivity index (χ0n) is 9.64. The fraction of sp³-hybridized carbons (Fsp3) is 0.917. The Morgan fingerprint density at radius 3 is 2.62 bits per heavy atom. The average molecular weight is 227 g/mol. The van der Waals surface area contributed by atoms with Gasteiger partial charge in [-0.25, -0.2) is 0 Å². The molecule has 1 unspecified atom stereocenters. The normalized spacial score (nSPS) is 31.2. The summed E-state index contributed by atoms with van der Waals surface area (Å²) in [5.41, 5.74) is 0. The second-order valence-corrected chi connectivity index (χ2v) is 5.13. The maximum absolute atomic E-state index is 12.0. The third-order valence-electron chi connectivity index (χ3n) is 3.86. The van der Waals surface area contributed by atoms with Crippen LogP contribution < -0.4 is 0 Å². The molecule has 1 amide bonds. The van der Waals surface area contributed by atoms with E-state index in [1.807, 2.05) is 0 Å². The van der Waals surface area contributed by atoms with E-state index in [1.54, 1.807) is 4.90 Å². The van der Waals surface area contributed by atoms with Gasteiger partial charge in [-0.1, -0.05) is 12.8 Å². The molecule has 1 heterocycles. The number of carbonyl (C=O) groups is 1. The fourth-order valence-electron chi connectivity index (χ4n) is 2.95. The number of rotatable bonds is 3. The number of carbonyl (C=O) groups excluding carboxylic acids is 1. The number of aliphatic hydroxyl groups is 2. The molecule has 1 saturated carbocycles. The Morgan fingerprint density at radius 1 is 1.31 bits per heavy atom. The van der Waals surface area contributed by atoms with Crippen LogP contribution in [-0.4, -0.2) is 46.3 Å². The lowest BCUT2D eigenvalue weighted by Crippen LogP contribution is -2.38. The molecule has 2 aliphatic rings. The van der Waals surface area contributed by atoms with Gasteiger partial charge in [-0.2, -0.15) is 0 Å². The first-order valence-electron chi connectivity index (χ1n) is 6.29. The molecule has 2 N–H and O–H groups in total. The summed E-state index contributed by atoms with van der Waals surface area (Å²) in [6.45, 7) is 0.365. The average Bonchev–Trinajstić information content (AvgIpc) is 2.86. The number of aliphatic hydroxyl groups excluding tert-OH is 2. The number of hydrogen-bond donors (Lipinski definition) is 2. The summed E-state index contributed by atoms with van der Waals surface area (Å²) in [6, 6.07) is -0.163. The van der Waals surface area contributed by atoms with Crippen LogP contribution in [0.1, 0.15) is 38.5 Å². The molecule has 0 spiro atoms. The molecule has 1 aliphatic carbocycles. The van der Waals surface area contributed by atoms with E-state index >= 15 is 0 Å². The summed E-state index contributed by atoms with van der Waals surface area (Å²) >= 11 is 0. The number of nitrogens with zero attached hydrogens (tertiary/aromatic N) is 1. The maximum Gasteiger partial charge on any atom is 0.223 e. The molecule has 2 fully saturated rings. The fourth-order valence-corrected chi connectivity index (χ4v) is 2.95. The van der Waals surface area contributed by atoms with Crippen LogP contribution in [0.3, 0.4) is 0 Å². The van der Waals surface area contributed by atoms with Gasteiger partial charge in [0.15, 0.2) is 0 Å². The van der Waals surface area contributed by atoms with Gasteiger partial charge in [0.1, 0.15) is 0 Å². The highest BCUT2D eigenvalue weighted by molar-refractivity contribution is 5.77. The van der Waals surface area contributed by atoms with Crippen molar-refractivity contribution in [1.29, 1.82) is 0 Å². The van der Waals surface area contributed by atoms with Crippen molar-refractivity contribution in [2.24, 2.45) is 5.92 Å². The van der Waals surface area contributed by atoms with Crippen LogP contribution in [0.15, 0.2) is 0 Å². The molecular formula is C12H21NO3. The van der Waals surface area contributed by atoms with Gasteiger partial charge in [0.05, 0.1) is 18.8 Å². The first-order valence-corrected chi connectivity index (χ1v) is 6.29. The third kappa shape index (κ3) is 2.55. The van der Waals surface area contributed by atoms with Crippen LogP contribution in [0.2, 0.25) is 0 Å². The lowest BCUT2D eigenvalue weighted by Gasteiger charge is -2.24. The van der Waals surface area contributed by atoms with Crippen LogP contribution >= 0.6 is 0 Å². The molecule has 0 aromatic heterocycles. The summed E-state index contributed by atoms with van der Waals surface area (Å²) in [4.78, 5) is 13.7. The highest BCUT2D eigenvalue weighted by Crippen LogP contribution is 2.29. The third-order valence-corrected chi connectivity index (χ3v) is 3.86. The topological polar surface area (TPSA) is 60.8 Å². The van der Waals surface area contributed by atoms with Crippen molar-refractivity contribution < 1.29 is 15.0 Å². The van der Waals surface area contributed by atoms with Crippen molar-refractivity contribution in [2.75, 3.05) is 13.2 Å². The summed E-state index contributed by atoms with van der Waals surface area (Å²) in [5.74, 6) is 0.645. The zero-order chi connectivity index (χ0) is 11.5.